The molecule has 5 nitrogen and oxygen atoms in total. The number of carbonyl (C=O) groups is 2. The summed E-state index contributed by atoms with van der Waals surface area (Å²) in [5.74, 6) is -0.589. The predicted octanol–water partition coefficient (Wildman–Crippen LogP) is 2.35. The van der Waals surface area contributed by atoms with Gasteiger partial charge in [0.1, 0.15) is 5.00 Å². The molecule has 1 aliphatic rings. The Hall–Kier alpha value is -1.40. The van der Waals surface area contributed by atoms with E-state index in [9.17, 15) is 9.59 Å². The number of anilines is 1. The van der Waals surface area contributed by atoms with Gasteiger partial charge in [-0.15, -0.1) is 11.3 Å². The summed E-state index contributed by atoms with van der Waals surface area (Å²) in [5, 5.41) is 6.97. The molecule has 2 amide bonds. The molecule has 0 bridgehead atoms. The van der Waals surface area contributed by atoms with E-state index in [1.54, 1.807) is 6.92 Å². The van der Waals surface area contributed by atoms with E-state index in [0.717, 1.165) is 10.4 Å². The highest BCUT2D eigenvalue weighted by atomic mass is 32.1. The van der Waals surface area contributed by atoms with Crippen LogP contribution >= 0.6 is 11.3 Å². The fourth-order valence-electron chi connectivity index (χ4n) is 3.09. The van der Waals surface area contributed by atoms with E-state index in [4.69, 9.17) is 5.73 Å². The van der Waals surface area contributed by atoms with Crippen molar-refractivity contribution < 1.29 is 9.59 Å². The van der Waals surface area contributed by atoms with E-state index in [1.807, 2.05) is 0 Å². The van der Waals surface area contributed by atoms with Gasteiger partial charge in [-0.2, -0.15) is 0 Å². The van der Waals surface area contributed by atoms with Gasteiger partial charge >= 0.3 is 0 Å². The van der Waals surface area contributed by atoms with Gasteiger partial charge < -0.3 is 16.4 Å². The van der Waals surface area contributed by atoms with Crippen LogP contribution in [0.1, 0.15) is 61.8 Å². The van der Waals surface area contributed by atoms with Crippen LogP contribution < -0.4 is 16.4 Å². The number of primary amides is 1. The van der Waals surface area contributed by atoms with Crippen molar-refractivity contribution >= 4 is 28.2 Å². The minimum Gasteiger partial charge on any atom is -0.365 e. The van der Waals surface area contributed by atoms with E-state index in [1.165, 1.54) is 11.3 Å². The lowest BCUT2D eigenvalue weighted by molar-refractivity contribution is -0.115. The predicted molar refractivity (Wildman–Crippen MR) is 85.7 cm³/mol. The number of thiophene rings is 1. The molecule has 1 aromatic heterocycles. The third-order valence-electron chi connectivity index (χ3n) is 3.66. The standard InChI is InChI=1S/C15H23N3O2S/c1-6-9(19)17-13-10(12(16)20)8-7-14(2,3)18-15(4,5)11(8)21-13/h18H,6-7H2,1-5H3,(H2,16,20)(H,17,19). The maximum absolute atomic E-state index is 11.9. The molecule has 1 aromatic rings. The molecule has 4 N–H and O–H groups in total. The Morgan fingerprint density at radius 1 is 1.33 bits per heavy atom. The molecule has 21 heavy (non-hydrogen) atoms. The fraction of sp³-hybridized carbons (Fsp3) is 0.600. The van der Waals surface area contributed by atoms with Gasteiger partial charge in [0.25, 0.3) is 5.91 Å². The Balaban J connectivity index is 2.60. The third-order valence-corrected chi connectivity index (χ3v) is 5.14. The van der Waals surface area contributed by atoms with Gasteiger partial charge in [-0.05, 0) is 39.7 Å². The monoisotopic (exact) mass is 309 g/mol. The van der Waals surface area contributed by atoms with Crippen LogP contribution in [0.15, 0.2) is 0 Å². The van der Waals surface area contributed by atoms with E-state index >= 15 is 0 Å². The zero-order valence-electron chi connectivity index (χ0n) is 13.2. The van der Waals surface area contributed by atoms with Gasteiger partial charge in [0, 0.05) is 22.4 Å². The molecule has 0 aromatic carbocycles. The van der Waals surface area contributed by atoms with Crippen LogP contribution in [0.4, 0.5) is 5.00 Å². The average Bonchev–Trinajstić information content (AvgIpc) is 2.65. The van der Waals surface area contributed by atoms with Crippen LogP contribution in [-0.4, -0.2) is 17.4 Å². The fourth-order valence-corrected chi connectivity index (χ4v) is 4.39. The molecule has 0 unspecified atom stereocenters. The summed E-state index contributed by atoms with van der Waals surface area (Å²) in [6, 6.07) is 0. The number of fused-ring (bicyclic) bond motifs is 1. The lowest BCUT2D eigenvalue weighted by Gasteiger charge is -2.42. The highest BCUT2D eigenvalue weighted by Gasteiger charge is 2.41. The number of nitrogens with two attached hydrogens (primary N) is 1. The molecule has 116 valence electrons. The summed E-state index contributed by atoms with van der Waals surface area (Å²) in [4.78, 5) is 24.7. The molecule has 0 saturated heterocycles. The summed E-state index contributed by atoms with van der Waals surface area (Å²) in [5.41, 5.74) is 6.62. The molecule has 0 spiro atoms. The summed E-state index contributed by atoms with van der Waals surface area (Å²) in [6.45, 7) is 10.1. The van der Waals surface area contributed by atoms with Crippen molar-refractivity contribution in [2.45, 2.75) is 58.5 Å². The summed E-state index contributed by atoms with van der Waals surface area (Å²) in [6.07, 6.45) is 1.08. The Kier molecular flexibility index (Phi) is 3.88. The van der Waals surface area contributed by atoms with Crippen LogP contribution in [0.25, 0.3) is 0 Å². The van der Waals surface area contributed by atoms with Gasteiger partial charge in [-0.25, -0.2) is 0 Å². The van der Waals surface area contributed by atoms with Crippen LogP contribution in [0.5, 0.6) is 0 Å². The quantitative estimate of drug-likeness (QED) is 0.801. The minimum absolute atomic E-state index is 0.110. The first-order valence-corrected chi connectivity index (χ1v) is 7.94. The van der Waals surface area contributed by atoms with E-state index in [0.29, 0.717) is 23.4 Å². The Morgan fingerprint density at radius 2 is 1.95 bits per heavy atom. The van der Waals surface area contributed by atoms with Crippen molar-refractivity contribution in [1.29, 1.82) is 0 Å². The van der Waals surface area contributed by atoms with Crippen LogP contribution in [0.2, 0.25) is 0 Å². The molecule has 0 saturated carbocycles. The van der Waals surface area contributed by atoms with Crippen LogP contribution in [0.3, 0.4) is 0 Å². The van der Waals surface area contributed by atoms with E-state index < -0.39 is 5.91 Å². The molecule has 1 aliphatic heterocycles. The molecule has 0 aliphatic carbocycles. The Morgan fingerprint density at radius 3 is 2.48 bits per heavy atom. The zero-order valence-corrected chi connectivity index (χ0v) is 14.0. The normalized spacial score (nSPS) is 18.9. The lowest BCUT2D eigenvalue weighted by atomic mass is 9.81. The molecule has 2 heterocycles. The first kappa shape index (κ1) is 16.0. The molecule has 0 atom stereocenters. The molecule has 0 fully saturated rings. The smallest absolute Gasteiger partial charge is 0.251 e. The van der Waals surface area contributed by atoms with Crippen molar-refractivity contribution in [3.63, 3.8) is 0 Å². The third kappa shape index (κ3) is 2.96. The first-order valence-electron chi connectivity index (χ1n) is 7.12. The number of amides is 2. The molecular formula is C15H23N3O2S. The second-order valence-electron chi connectivity index (χ2n) is 6.69. The van der Waals surface area contributed by atoms with Gasteiger partial charge in [0.2, 0.25) is 5.91 Å². The van der Waals surface area contributed by atoms with Gasteiger partial charge in [0.05, 0.1) is 5.56 Å². The van der Waals surface area contributed by atoms with Crippen LogP contribution in [-0.2, 0) is 16.8 Å². The maximum Gasteiger partial charge on any atom is 0.251 e. The number of hydrogen-bond acceptors (Lipinski definition) is 4. The SMILES string of the molecule is CCC(=O)Nc1sc2c(c1C(N)=O)CC(C)(C)NC2(C)C. The zero-order chi connectivity index (χ0) is 16.0. The summed E-state index contributed by atoms with van der Waals surface area (Å²) < 4.78 is 0. The van der Waals surface area contributed by atoms with Crippen molar-refractivity contribution in [3.8, 4) is 0 Å². The minimum atomic E-state index is -0.479. The topological polar surface area (TPSA) is 84.2 Å². The number of hydrogen-bond donors (Lipinski definition) is 3. The van der Waals surface area contributed by atoms with Gasteiger partial charge in [-0.3, -0.25) is 9.59 Å². The highest BCUT2D eigenvalue weighted by Crippen LogP contribution is 2.44. The number of carbonyl (C=O) groups excluding carboxylic acids is 2. The molecule has 6 heteroatoms. The lowest BCUT2D eigenvalue weighted by Crippen LogP contribution is -2.55. The highest BCUT2D eigenvalue weighted by molar-refractivity contribution is 7.17. The van der Waals surface area contributed by atoms with E-state index in [-0.39, 0.29) is 17.0 Å². The second kappa shape index (κ2) is 5.10. The van der Waals surface area contributed by atoms with Crippen molar-refractivity contribution in [3.05, 3.63) is 16.0 Å². The van der Waals surface area contributed by atoms with Crippen molar-refractivity contribution in [1.82, 2.24) is 5.32 Å². The second-order valence-corrected chi connectivity index (χ2v) is 7.71. The van der Waals surface area contributed by atoms with E-state index in [2.05, 4.69) is 38.3 Å². The van der Waals surface area contributed by atoms with Crippen LogP contribution in [0, 0.1) is 0 Å². The number of nitrogens with one attached hydrogen (secondary N) is 2. The molecule has 0 radical (unpaired) electrons. The van der Waals surface area contributed by atoms with Crippen molar-refractivity contribution in [2.24, 2.45) is 5.73 Å². The number of rotatable bonds is 3. The van der Waals surface area contributed by atoms with Gasteiger partial charge in [-0.1, -0.05) is 6.92 Å². The van der Waals surface area contributed by atoms with Crippen molar-refractivity contribution in [2.75, 3.05) is 5.32 Å². The largest absolute Gasteiger partial charge is 0.365 e. The maximum atomic E-state index is 11.9. The summed E-state index contributed by atoms with van der Waals surface area (Å²) >= 11 is 1.45. The average molecular weight is 309 g/mol. The molecular weight excluding hydrogens is 286 g/mol. The Labute approximate surface area is 129 Å². The molecule has 2 rings (SSSR count). The Bertz CT molecular complexity index is 602. The summed E-state index contributed by atoms with van der Waals surface area (Å²) in [7, 11) is 0. The first-order chi connectivity index (χ1) is 9.57. The van der Waals surface area contributed by atoms with Gasteiger partial charge in [0.15, 0.2) is 0 Å².